The van der Waals surface area contributed by atoms with Crippen molar-refractivity contribution >= 4 is 0 Å². The van der Waals surface area contributed by atoms with E-state index in [9.17, 15) is 5.11 Å². The lowest BCUT2D eigenvalue weighted by atomic mass is 9.87. The number of aromatic hydroxyl groups is 1. The van der Waals surface area contributed by atoms with Gasteiger partial charge in [0.2, 0.25) is 5.88 Å². The molecule has 0 radical (unpaired) electrons. The smallest absolute Gasteiger partial charge is 0.233 e. The van der Waals surface area contributed by atoms with Gasteiger partial charge in [-0.2, -0.15) is 0 Å². The molecule has 5 rings (SSSR count). The molecule has 2 aromatic heterocycles. The lowest BCUT2D eigenvalue weighted by molar-refractivity contribution is 0.113. The molecule has 2 aliphatic rings. The first-order valence-electron chi connectivity index (χ1n) is 9.32. The van der Waals surface area contributed by atoms with Crippen LogP contribution in [0.15, 0.2) is 30.3 Å². The standard InChI is InChI=1S/C19H20N6O2/c26-17-10-13(19-22-24-25-23-19)3-4-15(17)16-5-6-18(21-20-16)27-14-8-11-1-2-12(7-11)9-14/h3-6,10-12,14,26H,1-2,7-9H2,(H,22,23,24,25)/t11-,12?,14+/m0/s1. The lowest BCUT2D eigenvalue weighted by Crippen LogP contribution is -2.26. The molecular weight excluding hydrogens is 344 g/mol. The predicted octanol–water partition coefficient (Wildman–Crippen LogP) is 2.99. The molecule has 2 N–H and O–H groups in total. The second kappa shape index (κ2) is 6.61. The van der Waals surface area contributed by atoms with Gasteiger partial charge in [-0.05, 0) is 59.7 Å². The molecule has 0 spiro atoms. The molecule has 2 fully saturated rings. The minimum atomic E-state index is 0.0933. The molecule has 3 aromatic rings. The van der Waals surface area contributed by atoms with Gasteiger partial charge in [-0.1, -0.05) is 18.9 Å². The highest BCUT2D eigenvalue weighted by Crippen LogP contribution is 2.43. The van der Waals surface area contributed by atoms with Crippen molar-refractivity contribution in [2.24, 2.45) is 11.8 Å². The summed E-state index contributed by atoms with van der Waals surface area (Å²) in [5.74, 6) is 2.77. The van der Waals surface area contributed by atoms with Gasteiger partial charge < -0.3 is 9.84 Å². The lowest BCUT2D eigenvalue weighted by Gasteiger charge is -2.27. The van der Waals surface area contributed by atoms with E-state index in [-0.39, 0.29) is 11.9 Å². The van der Waals surface area contributed by atoms with Crippen LogP contribution < -0.4 is 4.74 Å². The van der Waals surface area contributed by atoms with Gasteiger partial charge in [0.15, 0.2) is 5.82 Å². The average molecular weight is 364 g/mol. The SMILES string of the molecule is Oc1cc(-c2nnn[nH]2)ccc1-c1ccc(O[C@H]2CC3CC[C@@H](C3)C2)nn1. The summed E-state index contributed by atoms with van der Waals surface area (Å²) in [6, 6.07) is 8.84. The van der Waals surface area contributed by atoms with Gasteiger partial charge in [0.05, 0.1) is 5.69 Å². The number of tetrazole rings is 1. The molecule has 8 nitrogen and oxygen atoms in total. The van der Waals surface area contributed by atoms with E-state index in [1.807, 2.05) is 18.2 Å². The summed E-state index contributed by atoms with van der Waals surface area (Å²) in [5.41, 5.74) is 1.88. The fourth-order valence-electron chi connectivity index (χ4n) is 4.42. The molecule has 8 heteroatoms. The van der Waals surface area contributed by atoms with E-state index in [0.29, 0.717) is 28.5 Å². The predicted molar refractivity (Wildman–Crippen MR) is 96.8 cm³/mol. The summed E-state index contributed by atoms with van der Waals surface area (Å²) in [7, 11) is 0. The summed E-state index contributed by atoms with van der Waals surface area (Å²) in [6.07, 6.45) is 6.55. The van der Waals surface area contributed by atoms with Crippen LogP contribution in [0.3, 0.4) is 0 Å². The molecule has 2 saturated carbocycles. The first-order valence-corrected chi connectivity index (χ1v) is 9.32. The van der Waals surface area contributed by atoms with Crippen LogP contribution in [-0.2, 0) is 0 Å². The van der Waals surface area contributed by atoms with E-state index in [1.54, 1.807) is 12.1 Å². The highest BCUT2D eigenvalue weighted by Gasteiger charge is 2.35. The fraction of sp³-hybridized carbons (Fsp3) is 0.421. The number of H-pyrrole nitrogens is 1. The number of aromatic amines is 1. The molecule has 2 bridgehead atoms. The molecule has 0 aliphatic heterocycles. The van der Waals surface area contributed by atoms with E-state index >= 15 is 0 Å². The van der Waals surface area contributed by atoms with Gasteiger partial charge in [0, 0.05) is 17.2 Å². The third-order valence-electron chi connectivity index (χ3n) is 5.66. The van der Waals surface area contributed by atoms with Crippen LogP contribution in [0.5, 0.6) is 11.6 Å². The summed E-state index contributed by atoms with van der Waals surface area (Å²) < 4.78 is 6.06. The van der Waals surface area contributed by atoms with Gasteiger partial charge >= 0.3 is 0 Å². The first-order chi connectivity index (χ1) is 13.2. The van der Waals surface area contributed by atoms with Crippen LogP contribution in [-0.4, -0.2) is 42.0 Å². The fourth-order valence-corrected chi connectivity index (χ4v) is 4.42. The van der Waals surface area contributed by atoms with Crippen molar-refractivity contribution in [3.63, 3.8) is 0 Å². The minimum absolute atomic E-state index is 0.0933. The average Bonchev–Trinajstić information content (AvgIpc) is 3.32. The number of hydrogen-bond acceptors (Lipinski definition) is 7. The summed E-state index contributed by atoms with van der Waals surface area (Å²) >= 11 is 0. The molecule has 3 atom stereocenters. The Morgan fingerprint density at radius 1 is 0.963 bits per heavy atom. The highest BCUT2D eigenvalue weighted by atomic mass is 16.5. The van der Waals surface area contributed by atoms with Crippen LogP contribution in [0.1, 0.15) is 32.1 Å². The Balaban J connectivity index is 1.31. The molecule has 0 amide bonds. The van der Waals surface area contributed by atoms with Crippen molar-refractivity contribution in [3.8, 4) is 34.3 Å². The monoisotopic (exact) mass is 364 g/mol. The van der Waals surface area contributed by atoms with Gasteiger partial charge in [-0.25, -0.2) is 5.10 Å². The topological polar surface area (TPSA) is 110 Å². The van der Waals surface area contributed by atoms with Gasteiger partial charge in [0.25, 0.3) is 0 Å². The van der Waals surface area contributed by atoms with Crippen molar-refractivity contribution in [2.75, 3.05) is 0 Å². The number of rotatable bonds is 4. The van der Waals surface area contributed by atoms with E-state index in [4.69, 9.17) is 4.74 Å². The van der Waals surface area contributed by atoms with E-state index in [0.717, 1.165) is 24.7 Å². The molecule has 1 unspecified atom stereocenters. The maximum Gasteiger partial charge on any atom is 0.233 e. The maximum absolute atomic E-state index is 10.4. The number of fused-ring (bicyclic) bond motifs is 2. The Kier molecular flexibility index (Phi) is 3.95. The number of phenolic OH excluding ortho intramolecular Hbond substituents is 1. The molecule has 138 valence electrons. The first kappa shape index (κ1) is 16.2. The molecule has 1 aromatic carbocycles. The largest absolute Gasteiger partial charge is 0.507 e. The zero-order valence-corrected chi connectivity index (χ0v) is 14.7. The summed E-state index contributed by atoms with van der Waals surface area (Å²) in [6.45, 7) is 0. The Hall–Kier alpha value is -3.03. The van der Waals surface area contributed by atoms with Crippen LogP contribution in [0.2, 0.25) is 0 Å². The summed E-state index contributed by atoms with van der Waals surface area (Å²) in [4.78, 5) is 0. The highest BCUT2D eigenvalue weighted by molar-refractivity contribution is 5.71. The maximum atomic E-state index is 10.4. The number of aromatic nitrogens is 6. The van der Waals surface area contributed by atoms with Gasteiger partial charge in [-0.3, -0.25) is 0 Å². The number of nitrogens with one attached hydrogen (secondary N) is 1. The van der Waals surface area contributed by atoms with Crippen molar-refractivity contribution in [2.45, 2.75) is 38.2 Å². The molecular formula is C19H20N6O2. The van der Waals surface area contributed by atoms with Gasteiger partial charge in [-0.15, -0.1) is 15.3 Å². The van der Waals surface area contributed by atoms with Crippen molar-refractivity contribution in [1.82, 2.24) is 30.8 Å². The van der Waals surface area contributed by atoms with Crippen molar-refractivity contribution < 1.29 is 9.84 Å². The van der Waals surface area contributed by atoms with Crippen molar-refractivity contribution in [3.05, 3.63) is 30.3 Å². The third kappa shape index (κ3) is 3.22. The summed E-state index contributed by atoms with van der Waals surface area (Å²) in [5, 5.41) is 32.4. The van der Waals surface area contributed by atoms with Crippen LogP contribution in [0.25, 0.3) is 22.6 Å². The third-order valence-corrected chi connectivity index (χ3v) is 5.66. The number of nitrogens with zero attached hydrogens (tertiary/aromatic N) is 5. The molecule has 2 heterocycles. The number of benzene rings is 1. The molecule has 2 aliphatic carbocycles. The minimum Gasteiger partial charge on any atom is -0.507 e. The second-order valence-corrected chi connectivity index (χ2v) is 7.49. The number of ether oxygens (including phenoxy) is 1. The normalized spacial score (nSPS) is 24.1. The number of hydrogen-bond donors (Lipinski definition) is 2. The second-order valence-electron chi connectivity index (χ2n) is 7.49. The van der Waals surface area contributed by atoms with E-state index in [2.05, 4.69) is 30.8 Å². The van der Waals surface area contributed by atoms with Crippen LogP contribution >= 0.6 is 0 Å². The van der Waals surface area contributed by atoms with Crippen molar-refractivity contribution in [1.29, 1.82) is 0 Å². The Labute approximate surface area is 156 Å². The van der Waals surface area contributed by atoms with E-state index < -0.39 is 0 Å². The van der Waals surface area contributed by atoms with E-state index in [1.165, 1.54) is 19.3 Å². The van der Waals surface area contributed by atoms with Crippen LogP contribution in [0, 0.1) is 11.8 Å². The zero-order chi connectivity index (χ0) is 18.2. The van der Waals surface area contributed by atoms with Gasteiger partial charge in [0.1, 0.15) is 11.9 Å². The van der Waals surface area contributed by atoms with Crippen LogP contribution in [0.4, 0.5) is 0 Å². The number of phenols is 1. The zero-order valence-electron chi connectivity index (χ0n) is 14.7. The molecule has 27 heavy (non-hydrogen) atoms. The molecule has 0 saturated heterocycles. The Bertz CT molecular complexity index is 916. The quantitative estimate of drug-likeness (QED) is 0.732. The Morgan fingerprint density at radius 2 is 1.81 bits per heavy atom. The Morgan fingerprint density at radius 3 is 2.48 bits per heavy atom.